The second-order valence-electron chi connectivity index (χ2n) is 3.23. The average molecular weight is 177 g/mol. The van der Waals surface area contributed by atoms with Crippen molar-refractivity contribution in [2.45, 2.75) is 20.8 Å². The largest absolute Gasteiger partial charge is 0.309 e. The van der Waals surface area contributed by atoms with Gasteiger partial charge in [0, 0.05) is 5.71 Å². The Kier molecular flexibility index (Phi) is 3.72. The fraction of sp³-hybridized carbons (Fsp3) is 0.857. The van der Waals surface area contributed by atoms with E-state index in [1.807, 2.05) is 13.8 Å². The Hall–Kier alpha value is -0.380. The van der Waals surface area contributed by atoms with Gasteiger partial charge < -0.3 is 5.41 Å². The van der Waals surface area contributed by atoms with Crippen molar-refractivity contribution in [1.29, 1.82) is 5.41 Å². The van der Waals surface area contributed by atoms with Gasteiger partial charge >= 0.3 is 0 Å². The molecule has 0 aliphatic heterocycles. The van der Waals surface area contributed by atoms with Crippen molar-refractivity contribution in [3.05, 3.63) is 0 Å². The topological polar surface area (TPSA) is 58.0 Å². The average Bonchev–Trinajstić information content (AvgIpc) is 1.53. The van der Waals surface area contributed by atoms with Crippen molar-refractivity contribution in [2.75, 3.05) is 11.5 Å². The standard InChI is InChI=1S/C7H15NO2S/c1-6(2)4-11(9,10)5-7(3)8/h6,8H,4-5H2,1-3H3. The van der Waals surface area contributed by atoms with Gasteiger partial charge in [0.1, 0.15) is 0 Å². The van der Waals surface area contributed by atoms with Crippen LogP contribution in [0.15, 0.2) is 0 Å². The maximum Gasteiger partial charge on any atom is 0.155 e. The molecule has 0 aliphatic rings. The normalized spacial score (nSPS) is 12.0. The van der Waals surface area contributed by atoms with Gasteiger partial charge in [-0.1, -0.05) is 13.8 Å². The summed E-state index contributed by atoms with van der Waals surface area (Å²) < 4.78 is 22.2. The molecule has 0 aromatic rings. The summed E-state index contributed by atoms with van der Waals surface area (Å²) in [5.74, 6) is 0.244. The van der Waals surface area contributed by atoms with E-state index in [9.17, 15) is 8.42 Å². The highest BCUT2D eigenvalue weighted by Gasteiger charge is 2.13. The zero-order valence-electron chi connectivity index (χ0n) is 7.22. The molecule has 0 spiro atoms. The zero-order chi connectivity index (χ0) is 9.07. The van der Waals surface area contributed by atoms with Crippen molar-refractivity contribution < 1.29 is 8.42 Å². The van der Waals surface area contributed by atoms with Crippen LogP contribution in [0.5, 0.6) is 0 Å². The molecule has 0 aromatic carbocycles. The van der Waals surface area contributed by atoms with Crippen LogP contribution in [0.1, 0.15) is 20.8 Å². The first kappa shape index (κ1) is 10.6. The Morgan fingerprint density at radius 1 is 1.45 bits per heavy atom. The number of sulfone groups is 1. The van der Waals surface area contributed by atoms with E-state index in [0.29, 0.717) is 0 Å². The molecule has 0 saturated carbocycles. The Morgan fingerprint density at radius 2 is 1.91 bits per heavy atom. The molecule has 1 N–H and O–H groups in total. The van der Waals surface area contributed by atoms with Crippen LogP contribution in [0.25, 0.3) is 0 Å². The smallest absolute Gasteiger partial charge is 0.155 e. The van der Waals surface area contributed by atoms with E-state index in [2.05, 4.69) is 0 Å². The van der Waals surface area contributed by atoms with Crippen LogP contribution in [0, 0.1) is 11.3 Å². The van der Waals surface area contributed by atoms with E-state index in [-0.39, 0.29) is 23.1 Å². The molecule has 11 heavy (non-hydrogen) atoms. The Labute approximate surface area is 68.2 Å². The predicted molar refractivity (Wildman–Crippen MR) is 46.9 cm³/mol. The summed E-state index contributed by atoms with van der Waals surface area (Å²) in [6.07, 6.45) is 0. The van der Waals surface area contributed by atoms with E-state index in [4.69, 9.17) is 5.41 Å². The fourth-order valence-electron chi connectivity index (χ4n) is 0.897. The molecule has 0 fully saturated rings. The molecule has 0 saturated heterocycles. The number of hydrogen-bond donors (Lipinski definition) is 1. The van der Waals surface area contributed by atoms with E-state index in [1.54, 1.807) is 0 Å². The molecule has 0 amide bonds. The van der Waals surface area contributed by atoms with Gasteiger partial charge in [0.05, 0.1) is 11.5 Å². The highest BCUT2D eigenvalue weighted by molar-refractivity contribution is 7.92. The summed E-state index contributed by atoms with van der Waals surface area (Å²) in [6.45, 7) is 5.23. The molecule has 0 atom stereocenters. The number of rotatable bonds is 4. The van der Waals surface area contributed by atoms with Gasteiger partial charge in [-0.25, -0.2) is 8.42 Å². The first-order chi connectivity index (χ1) is 4.83. The molecule has 0 unspecified atom stereocenters. The van der Waals surface area contributed by atoms with Gasteiger partial charge in [0.2, 0.25) is 0 Å². The van der Waals surface area contributed by atoms with Crippen molar-refractivity contribution in [3.8, 4) is 0 Å². The molecular weight excluding hydrogens is 162 g/mol. The third kappa shape index (κ3) is 6.04. The summed E-state index contributed by atoms with van der Waals surface area (Å²) >= 11 is 0. The highest BCUT2D eigenvalue weighted by Crippen LogP contribution is 2.00. The third-order valence-corrected chi connectivity index (χ3v) is 3.07. The zero-order valence-corrected chi connectivity index (χ0v) is 8.03. The summed E-state index contributed by atoms with van der Waals surface area (Å²) in [7, 11) is -3.00. The minimum Gasteiger partial charge on any atom is -0.309 e. The van der Waals surface area contributed by atoms with E-state index >= 15 is 0 Å². The Bertz CT molecular complexity index is 229. The van der Waals surface area contributed by atoms with E-state index < -0.39 is 9.84 Å². The summed E-state index contributed by atoms with van der Waals surface area (Å²) in [5, 5.41) is 7.02. The van der Waals surface area contributed by atoms with Crippen LogP contribution in [-0.4, -0.2) is 25.6 Å². The number of nitrogens with one attached hydrogen (secondary N) is 1. The third-order valence-electron chi connectivity index (χ3n) is 1.02. The molecule has 0 bridgehead atoms. The lowest BCUT2D eigenvalue weighted by molar-refractivity contribution is 0.586. The SMILES string of the molecule is CC(=N)CS(=O)(=O)CC(C)C. The quantitative estimate of drug-likeness (QED) is 0.654. The lowest BCUT2D eigenvalue weighted by atomic mass is 10.3. The fourth-order valence-corrected chi connectivity index (χ4v) is 2.69. The molecule has 0 rings (SSSR count). The Morgan fingerprint density at radius 3 is 2.18 bits per heavy atom. The summed E-state index contributed by atoms with van der Waals surface area (Å²) in [4.78, 5) is 0. The van der Waals surface area contributed by atoms with E-state index in [0.717, 1.165) is 0 Å². The van der Waals surface area contributed by atoms with Crippen molar-refractivity contribution >= 4 is 15.5 Å². The molecule has 0 aromatic heterocycles. The summed E-state index contributed by atoms with van der Waals surface area (Å²) in [6, 6.07) is 0. The second kappa shape index (κ2) is 3.85. The molecular formula is C7H15NO2S. The van der Waals surface area contributed by atoms with E-state index in [1.165, 1.54) is 6.92 Å². The van der Waals surface area contributed by atoms with Crippen LogP contribution >= 0.6 is 0 Å². The first-order valence-electron chi connectivity index (χ1n) is 3.58. The second-order valence-corrected chi connectivity index (χ2v) is 5.34. The molecule has 0 radical (unpaired) electrons. The van der Waals surface area contributed by atoms with Crippen LogP contribution in [-0.2, 0) is 9.84 Å². The van der Waals surface area contributed by atoms with Gasteiger partial charge in [-0.2, -0.15) is 0 Å². The maximum absolute atomic E-state index is 11.1. The maximum atomic E-state index is 11.1. The van der Waals surface area contributed by atoms with Crippen LogP contribution < -0.4 is 0 Å². The van der Waals surface area contributed by atoms with Gasteiger partial charge in [-0.05, 0) is 12.8 Å². The predicted octanol–water partition coefficient (Wildman–Crippen LogP) is 1.10. The number of hydrogen-bond acceptors (Lipinski definition) is 3. The first-order valence-corrected chi connectivity index (χ1v) is 5.40. The van der Waals surface area contributed by atoms with Gasteiger partial charge in [-0.3, -0.25) is 0 Å². The lowest BCUT2D eigenvalue weighted by Gasteiger charge is -2.04. The summed E-state index contributed by atoms with van der Waals surface area (Å²) in [5.41, 5.74) is 0.214. The van der Waals surface area contributed by atoms with Gasteiger partial charge in [-0.15, -0.1) is 0 Å². The molecule has 0 heterocycles. The highest BCUT2D eigenvalue weighted by atomic mass is 32.2. The van der Waals surface area contributed by atoms with Gasteiger partial charge in [0.25, 0.3) is 0 Å². The monoisotopic (exact) mass is 177 g/mol. The van der Waals surface area contributed by atoms with Gasteiger partial charge in [0.15, 0.2) is 9.84 Å². The van der Waals surface area contributed by atoms with Crippen LogP contribution in [0.2, 0.25) is 0 Å². The molecule has 4 heteroatoms. The van der Waals surface area contributed by atoms with Crippen molar-refractivity contribution in [3.63, 3.8) is 0 Å². The van der Waals surface area contributed by atoms with Crippen molar-refractivity contribution in [1.82, 2.24) is 0 Å². The lowest BCUT2D eigenvalue weighted by Crippen LogP contribution is -2.19. The van der Waals surface area contributed by atoms with Crippen molar-refractivity contribution in [2.24, 2.45) is 5.92 Å². The molecule has 66 valence electrons. The minimum absolute atomic E-state index is 0.0921. The molecule has 0 aliphatic carbocycles. The minimum atomic E-state index is -3.00. The van der Waals surface area contributed by atoms with Crippen LogP contribution in [0.3, 0.4) is 0 Å². The van der Waals surface area contributed by atoms with Crippen LogP contribution in [0.4, 0.5) is 0 Å². The Balaban J connectivity index is 4.14. The molecule has 3 nitrogen and oxygen atoms in total.